The van der Waals surface area contributed by atoms with Gasteiger partial charge >= 0.3 is 0 Å². The van der Waals surface area contributed by atoms with Crippen LogP contribution >= 0.6 is 0 Å². The molecule has 0 heterocycles. The molecular formula is C15H19NO2. The van der Waals surface area contributed by atoms with Crippen molar-refractivity contribution >= 4 is 0 Å². The molecule has 0 radical (unpaired) electrons. The van der Waals surface area contributed by atoms with Gasteiger partial charge in [0.2, 0.25) is 0 Å². The lowest BCUT2D eigenvalue weighted by molar-refractivity contribution is 0.178. The molecule has 3 nitrogen and oxygen atoms in total. The average molecular weight is 245 g/mol. The van der Waals surface area contributed by atoms with Crippen LogP contribution in [0.25, 0.3) is 0 Å². The van der Waals surface area contributed by atoms with Gasteiger partial charge in [-0.3, -0.25) is 0 Å². The van der Waals surface area contributed by atoms with Crippen molar-refractivity contribution < 1.29 is 10.2 Å². The second-order valence-electron chi connectivity index (χ2n) is 3.82. The fourth-order valence-corrected chi connectivity index (χ4v) is 1.41. The molecule has 3 heteroatoms. The van der Waals surface area contributed by atoms with Crippen LogP contribution < -0.4 is 5.32 Å². The lowest BCUT2D eigenvalue weighted by atomic mass is 10.1. The minimum absolute atomic E-state index is 0.322. The predicted molar refractivity (Wildman–Crippen MR) is 73.4 cm³/mol. The second kappa shape index (κ2) is 8.28. The summed E-state index contributed by atoms with van der Waals surface area (Å²) in [7, 11) is 1.83. The highest BCUT2D eigenvalue weighted by atomic mass is 16.3. The summed E-state index contributed by atoms with van der Waals surface area (Å²) in [6.45, 7) is 0.601. The second-order valence-corrected chi connectivity index (χ2v) is 3.82. The van der Waals surface area contributed by atoms with Crippen LogP contribution in [-0.4, -0.2) is 23.8 Å². The molecule has 2 rings (SSSR count). The van der Waals surface area contributed by atoms with Gasteiger partial charge in [0.15, 0.2) is 0 Å². The van der Waals surface area contributed by atoms with E-state index in [2.05, 4.69) is 5.32 Å². The smallest absolute Gasteiger partial charge is 0.115 e. The molecule has 96 valence electrons. The Labute approximate surface area is 108 Å². The molecule has 0 aliphatic heterocycles. The van der Waals surface area contributed by atoms with Gasteiger partial charge in [0.05, 0.1) is 6.10 Å². The van der Waals surface area contributed by atoms with Gasteiger partial charge < -0.3 is 15.5 Å². The molecule has 0 aromatic heterocycles. The van der Waals surface area contributed by atoms with E-state index in [1.807, 2.05) is 43.4 Å². The molecule has 1 unspecified atom stereocenters. The first-order valence-corrected chi connectivity index (χ1v) is 5.85. The summed E-state index contributed by atoms with van der Waals surface area (Å²) in [5, 5.41) is 21.0. The van der Waals surface area contributed by atoms with Gasteiger partial charge in [0.1, 0.15) is 5.75 Å². The molecule has 18 heavy (non-hydrogen) atoms. The number of aliphatic hydroxyl groups excluding tert-OH is 1. The fraction of sp³-hybridized carbons (Fsp3) is 0.200. The lowest BCUT2D eigenvalue weighted by Gasteiger charge is -2.08. The fourth-order valence-electron chi connectivity index (χ4n) is 1.41. The summed E-state index contributed by atoms with van der Waals surface area (Å²) in [5.74, 6) is 0.322. The van der Waals surface area contributed by atoms with E-state index in [1.54, 1.807) is 24.3 Å². The zero-order chi connectivity index (χ0) is 13.2. The van der Waals surface area contributed by atoms with Crippen molar-refractivity contribution in [1.29, 1.82) is 0 Å². The maximum Gasteiger partial charge on any atom is 0.115 e. The first-order valence-electron chi connectivity index (χ1n) is 5.85. The molecule has 0 amide bonds. The molecular weight excluding hydrogens is 226 g/mol. The van der Waals surface area contributed by atoms with Crippen molar-refractivity contribution in [3.63, 3.8) is 0 Å². The van der Waals surface area contributed by atoms with E-state index in [0.717, 1.165) is 5.56 Å². The van der Waals surface area contributed by atoms with Gasteiger partial charge in [0, 0.05) is 6.54 Å². The van der Waals surface area contributed by atoms with Crippen molar-refractivity contribution in [2.75, 3.05) is 13.6 Å². The first kappa shape index (κ1) is 14.2. The zero-order valence-electron chi connectivity index (χ0n) is 10.5. The third-order valence-electron chi connectivity index (χ3n) is 2.34. The normalized spacial score (nSPS) is 11.2. The number of nitrogens with one attached hydrogen (secondary N) is 1. The predicted octanol–water partition coefficient (Wildman–Crippen LogP) is 2.33. The third kappa shape index (κ3) is 5.48. The molecule has 0 aliphatic rings. The maximum atomic E-state index is 9.46. The van der Waals surface area contributed by atoms with Crippen molar-refractivity contribution in [1.82, 2.24) is 5.32 Å². The van der Waals surface area contributed by atoms with Crippen LogP contribution in [0.3, 0.4) is 0 Å². The van der Waals surface area contributed by atoms with Crippen LogP contribution in [-0.2, 0) is 0 Å². The number of benzene rings is 2. The third-order valence-corrected chi connectivity index (χ3v) is 2.34. The summed E-state index contributed by atoms with van der Waals surface area (Å²) in [4.78, 5) is 0. The van der Waals surface area contributed by atoms with Gasteiger partial charge in [-0.15, -0.1) is 0 Å². The van der Waals surface area contributed by atoms with Crippen molar-refractivity contribution in [2.45, 2.75) is 6.10 Å². The average Bonchev–Trinajstić information content (AvgIpc) is 2.42. The van der Waals surface area contributed by atoms with Gasteiger partial charge in [-0.1, -0.05) is 48.5 Å². The lowest BCUT2D eigenvalue weighted by Crippen LogP contribution is -2.16. The Morgan fingerprint density at radius 3 is 1.83 bits per heavy atom. The molecule has 1 atom stereocenters. The zero-order valence-corrected chi connectivity index (χ0v) is 10.5. The Kier molecular flexibility index (Phi) is 6.54. The van der Waals surface area contributed by atoms with Gasteiger partial charge in [0.25, 0.3) is 0 Å². The number of likely N-dealkylation sites (N-methyl/N-ethyl adjacent to an activating group) is 1. The molecule has 0 bridgehead atoms. The van der Waals surface area contributed by atoms with Crippen molar-refractivity contribution in [2.24, 2.45) is 0 Å². The highest BCUT2D eigenvalue weighted by Crippen LogP contribution is 2.09. The number of phenols is 1. The van der Waals surface area contributed by atoms with E-state index >= 15 is 0 Å². The molecule has 3 N–H and O–H groups in total. The molecule has 0 saturated carbocycles. The minimum atomic E-state index is -0.388. The van der Waals surface area contributed by atoms with Crippen LogP contribution in [0.2, 0.25) is 0 Å². The van der Waals surface area contributed by atoms with Crippen LogP contribution in [0.15, 0.2) is 60.7 Å². The topological polar surface area (TPSA) is 52.5 Å². The molecule has 2 aromatic carbocycles. The van der Waals surface area contributed by atoms with Gasteiger partial charge in [-0.05, 0) is 24.7 Å². The van der Waals surface area contributed by atoms with Crippen molar-refractivity contribution in [3.8, 4) is 5.75 Å². The van der Waals surface area contributed by atoms with Gasteiger partial charge in [-0.2, -0.15) is 0 Å². The van der Waals surface area contributed by atoms with Crippen LogP contribution in [0.5, 0.6) is 5.75 Å². The summed E-state index contributed by atoms with van der Waals surface area (Å²) in [6, 6.07) is 18.3. The Hall–Kier alpha value is -1.84. The number of rotatable bonds is 3. The molecule has 0 fully saturated rings. The summed E-state index contributed by atoms with van der Waals surface area (Å²) in [6.07, 6.45) is -0.388. The Morgan fingerprint density at radius 2 is 1.44 bits per heavy atom. The van der Waals surface area contributed by atoms with Crippen LogP contribution in [0.1, 0.15) is 11.7 Å². The number of phenolic OH excluding ortho intramolecular Hbond substituents is 1. The van der Waals surface area contributed by atoms with E-state index in [1.165, 1.54) is 0 Å². The highest BCUT2D eigenvalue weighted by molar-refractivity contribution is 5.18. The standard InChI is InChI=1S/C9H13NO.C6H6O/c1-10-7-9(11)8-5-3-2-4-6-8;7-6-4-2-1-3-5-6/h2-6,9-11H,7H2,1H3;1-5,7H. The minimum Gasteiger partial charge on any atom is -0.508 e. The SMILES string of the molecule is CNCC(O)c1ccccc1.Oc1ccccc1. The molecule has 2 aromatic rings. The first-order chi connectivity index (χ1) is 8.74. The van der Waals surface area contributed by atoms with Crippen LogP contribution in [0, 0.1) is 0 Å². The van der Waals surface area contributed by atoms with E-state index < -0.39 is 0 Å². The van der Waals surface area contributed by atoms with E-state index in [-0.39, 0.29) is 6.10 Å². The largest absolute Gasteiger partial charge is 0.508 e. The Morgan fingerprint density at radius 1 is 0.944 bits per heavy atom. The number of hydrogen-bond donors (Lipinski definition) is 3. The van der Waals surface area contributed by atoms with Crippen molar-refractivity contribution in [3.05, 3.63) is 66.2 Å². The quantitative estimate of drug-likeness (QED) is 0.778. The van der Waals surface area contributed by atoms with E-state index in [0.29, 0.717) is 12.3 Å². The number of aliphatic hydroxyl groups is 1. The summed E-state index contributed by atoms with van der Waals surface area (Å²) in [5.41, 5.74) is 0.960. The monoisotopic (exact) mass is 245 g/mol. The molecule has 0 aliphatic carbocycles. The Bertz CT molecular complexity index is 417. The van der Waals surface area contributed by atoms with E-state index in [9.17, 15) is 5.11 Å². The molecule has 0 saturated heterocycles. The maximum absolute atomic E-state index is 9.46. The number of aromatic hydroxyl groups is 1. The number of para-hydroxylation sites is 1. The summed E-state index contributed by atoms with van der Waals surface area (Å²) >= 11 is 0. The van der Waals surface area contributed by atoms with Crippen LogP contribution in [0.4, 0.5) is 0 Å². The summed E-state index contributed by atoms with van der Waals surface area (Å²) < 4.78 is 0. The Balaban J connectivity index is 0.000000199. The number of hydrogen-bond acceptors (Lipinski definition) is 3. The van der Waals surface area contributed by atoms with Gasteiger partial charge in [-0.25, -0.2) is 0 Å². The molecule has 0 spiro atoms. The van der Waals surface area contributed by atoms with E-state index in [4.69, 9.17) is 5.11 Å². The highest BCUT2D eigenvalue weighted by Gasteiger charge is 2.03.